The molecule has 0 spiro atoms. The van der Waals surface area contributed by atoms with Gasteiger partial charge in [0.15, 0.2) is 0 Å². The Hall–Kier alpha value is -2.27. The highest BCUT2D eigenvalue weighted by Gasteiger charge is 2.18. The molecule has 22 heavy (non-hydrogen) atoms. The molecule has 0 bridgehead atoms. The van der Waals surface area contributed by atoms with Crippen LogP contribution < -0.4 is 9.47 Å². The van der Waals surface area contributed by atoms with Gasteiger partial charge in [0.1, 0.15) is 22.9 Å². The molecule has 0 amide bonds. The molecule has 2 rings (SSSR count). The van der Waals surface area contributed by atoms with E-state index in [1.807, 2.05) is 0 Å². The second kappa shape index (κ2) is 6.66. The lowest BCUT2D eigenvalue weighted by Gasteiger charge is -2.13. The number of carboxylic acid groups (broad SMARTS) is 1. The van der Waals surface area contributed by atoms with Gasteiger partial charge in [-0.15, -0.1) is 0 Å². The summed E-state index contributed by atoms with van der Waals surface area (Å²) in [6.07, 6.45) is 0.153. The number of ether oxygens (including phenoxy) is 2. The smallest absolute Gasteiger partial charge is 0.339 e. The third-order valence-corrected chi connectivity index (χ3v) is 3.54. The highest BCUT2D eigenvalue weighted by molar-refractivity contribution is 6.30. The molecule has 116 valence electrons. The Kier molecular flexibility index (Phi) is 4.88. The standard InChI is InChI=1S/C16H14ClFO4/c1-21-13-8-14(22-2)11(16(19)20)7-10(13)6-9-4-3-5-12(17)15(9)18/h3-5,7-8H,6H2,1-2H3,(H,19,20). The zero-order valence-electron chi connectivity index (χ0n) is 12.0. The van der Waals surface area contributed by atoms with Crippen LogP contribution in [0.25, 0.3) is 0 Å². The first kappa shape index (κ1) is 16.1. The van der Waals surface area contributed by atoms with Gasteiger partial charge in [-0.2, -0.15) is 0 Å². The molecule has 0 aliphatic rings. The van der Waals surface area contributed by atoms with E-state index in [1.54, 1.807) is 12.1 Å². The number of carbonyl (C=O) groups is 1. The van der Waals surface area contributed by atoms with E-state index < -0.39 is 11.8 Å². The molecule has 0 radical (unpaired) electrons. The van der Waals surface area contributed by atoms with Gasteiger partial charge in [-0.05, 0) is 23.3 Å². The van der Waals surface area contributed by atoms with Gasteiger partial charge in [-0.1, -0.05) is 23.7 Å². The number of methoxy groups -OCH3 is 2. The van der Waals surface area contributed by atoms with Crippen molar-refractivity contribution in [1.29, 1.82) is 0 Å². The average molecular weight is 325 g/mol. The van der Waals surface area contributed by atoms with Gasteiger partial charge in [0.05, 0.1) is 19.2 Å². The van der Waals surface area contributed by atoms with Crippen molar-refractivity contribution in [3.63, 3.8) is 0 Å². The van der Waals surface area contributed by atoms with Gasteiger partial charge in [0.2, 0.25) is 0 Å². The summed E-state index contributed by atoms with van der Waals surface area (Å²) in [4.78, 5) is 11.3. The number of rotatable bonds is 5. The lowest BCUT2D eigenvalue weighted by atomic mass is 10.0. The molecule has 0 aromatic heterocycles. The predicted molar refractivity (Wildman–Crippen MR) is 80.7 cm³/mol. The number of hydrogen-bond acceptors (Lipinski definition) is 3. The average Bonchev–Trinajstić information content (AvgIpc) is 2.51. The van der Waals surface area contributed by atoms with E-state index in [1.165, 1.54) is 32.4 Å². The minimum atomic E-state index is -1.13. The first-order valence-electron chi connectivity index (χ1n) is 6.39. The fourth-order valence-corrected chi connectivity index (χ4v) is 2.35. The molecule has 0 fully saturated rings. The summed E-state index contributed by atoms with van der Waals surface area (Å²) in [5, 5.41) is 9.25. The first-order valence-corrected chi connectivity index (χ1v) is 6.76. The Balaban J connectivity index is 2.52. The van der Waals surface area contributed by atoms with E-state index in [-0.39, 0.29) is 22.8 Å². The Bertz CT molecular complexity index is 716. The Morgan fingerprint density at radius 2 is 1.86 bits per heavy atom. The molecule has 1 N–H and O–H groups in total. The number of halogens is 2. The molecule has 6 heteroatoms. The maximum Gasteiger partial charge on any atom is 0.339 e. The van der Waals surface area contributed by atoms with Crippen LogP contribution in [0.3, 0.4) is 0 Å². The van der Waals surface area contributed by atoms with Crippen molar-refractivity contribution in [3.8, 4) is 11.5 Å². The van der Waals surface area contributed by atoms with Crippen LogP contribution in [-0.4, -0.2) is 25.3 Å². The second-order valence-corrected chi connectivity index (χ2v) is 4.97. The van der Waals surface area contributed by atoms with Crippen molar-refractivity contribution in [2.24, 2.45) is 0 Å². The fourth-order valence-electron chi connectivity index (χ4n) is 2.16. The molecule has 0 saturated heterocycles. The predicted octanol–water partition coefficient (Wildman–Crippen LogP) is 3.79. The van der Waals surface area contributed by atoms with E-state index in [0.717, 1.165) is 0 Å². The molecule has 0 aliphatic carbocycles. The molecule has 0 heterocycles. The normalized spacial score (nSPS) is 10.4. The van der Waals surface area contributed by atoms with Gasteiger partial charge >= 0.3 is 5.97 Å². The molecule has 0 unspecified atom stereocenters. The summed E-state index contributed by atoms with van der Waals surface area (Å²) < 4.78 is 24.3. The summed E-state index contributed by atoms with van der Waals surface area (Å²) in [5.74, 6) is -1.06. The van der Waals surface area contributed by atoms with Crippen LogP contribution in [-0.2, 0) is 6.42 Å². The number of benzene rings is 2. The lowest BCUT2D eigenvalue weighted by Crippen LogP contribution is -2.05. The fraction of sp³-hybridized carbons (Fsp3) is 0.188. The van der Waals surface area contributed by atoms with E-state index in [4.69, 9.17) is 21.1 Å². The lowest BCUT2D eigenvalue weighted by molar-refractivity contribution is 0.0693. The molecule has 0 aliphatic heterocycles. The van der Waals surface area contributed by atoms with Gasteiger partial charge < -0.3 is 14.6 Å². The van der Waals surface area contributed by atoms with E-state index in [0.29, 0.717) is 16.9 Å². The van der Waals surface area contributed by atoms with Crippen LogP contribution in [0.1, 0.15) is 21.5 Å². The van der Waals surface area contributed by atoms with Crippen LogP contribution in [0.2, 0.25) is 5.02 Å². The van der Waals surface area contributed by atoms with Gasteiger partial charge in [0.25, 0.3) is 0 Å². The van der Waals surface area contributed by atoms with Crippen molar-refractivity contribution in [3.05, 3.63) is 57.9 Å². The Labute approximate surface area is 132 Å². The topological polar surface area (TPSA) is 55.8 Å². The molecule has 0 atom stereocenters. The summed E-state index contributed by atoms with van der Waals surface area (Å²) in [6.45, 7) is 0. The van der Waals surface area contributed by atoms with Crippen molar-refractivity contribution < 1.29 is 23.8 Å². The monoisotopic (exact) mass is 324 g/mol. The molecule has 2 aromatic rings. The van der Waals surface area contributed by atoms with Gasteiger partial charge in [-0.25, -0.2) is 9.18 Å². The largest absolute Gasteiger partial charge is 0.496 e. The highest BCUT2D eigenvalue weighted by Crippen LogP contribution is 2.32. The minimum Gasteiger partial charge on any atom is -0.496 e. The molecule has 0 saturated carbocycles. The van der Waals surface area contributed by atoms with Crippen molar-refractivity contribution in [2.45, 2.75) is 6.42 Å². The van der Waals surface area contributed by atoms with Crippen LogP contribution >= 0.6 is 11.6 Å². The van der Waals surface area contributed by atoms with Crippen LogP contribution in [0.15, 0.2) is 30.3 Å². The molecule has 2 aromatic carbocycles. The first-order chi connectivity index (χ1) is 10.5. The number of hydrogen-bond donors (Lipinski definition) is 1. The van der Waals surface area contributed by atoms with Crippen molar-refractivity contribution in [1.82, 2.24) is 0 Å². The van der Waals surface area contributed by atoms with E-state index in [9.17, 15) is 14.3 Å². The number of aromatic carboxylic acids is 1. The third kappa shape index (κ3) is 3.14. The molecular weight excluding hydrogens is 311 g/mol. The summed E-state index contributed by atoms with van der Waals surface area (Å²) in [5.41, 5.74) is 0.870. The summed E-state index contributed by atoms with van der Waals surface area (Å²) in [6, 6.07) is 7.57. The maximum absolute atomic E-state index is 14.0. The van der Waals surface area contributed by atoms with Crippen molar-refractivity contribution in [2.75, 3.05) is 14.2 Å². The summed E-state index contributed by atoms with van der Waals surface area (Å²) >= 11 is 5.76. The minimum absolute atomic E-state index is 0.0132. The van der Waals surface area contributed by atoms with Crippen molar-refractivity contribution >= 4 is 17.6 Å². The maximum atomic E-state index is 14.0. The van der Waals surface area contributed by atoms with Crippen LogP contribution in [0.5, 0.6) is 11.5 Å². The van der Waals surface area contributed by atoms with Gasteiger partial charge in [0, 0.05) is 12.5 Å². The van der Waals surface area contributed by atoms with Crippen LogP contribution in [0.4, 0.5) is 4.39 Å². The van der Waals surface area contributed by atoms with Crippen LogP contribution in [0, 0.1) is 5.82 Å². The SMILES string of the molecule is COc1cc(OC)c(C(=O)O)cc1Cc1cccc(Cl)c1F. The Morgan fingerprint density at radius 1 is 1.18 bits per heavy atom. The molecular formula is C16H14ClFO4. The zero-order valence-corrected chi connectivity index (χ0v) is 12.8. The quantitative estimate of drug-likeness (QED) is 0.909. The summed E-state index contributed by atoms with van der Waals surface area (Å²) in [7, 11) is 2.82. The second-order valence-electron chi connectivity index (χ2n) is 4.56. The highest BCUT2D eigenvalue weighted by atomic mass is 35.5. The van der Waals surface area contributed by atoms with E-state index in [2.05, 4.69) is 0 Å². The third-order valence-electron chi connectivity index (χ3n) is 3.25. The molecule has 4 nitrogen and oxygen atoms in total. The van der Waals surface area contributed by atoms with E-state index >= 15 is 0 Å². The number of carboxylic acids is 1. The zero-order chi connectivity index (χ0) is 16.3. The Morgan fingerprint density at radius 3 is 2.45 bits per heavy atom. The van der Waals surface area contributed by atoms with Gasteiger partial charge in [-0.3, -0.25) is 0 Å².